The van der Waals surface area contributed by atoms with Gasteiger partial charge in [0.2, 0.25) is 0 Å². The Bertz CT molecular complexity index is 641. The van der Waals surface area contributed by atoms with Crippen LogP contribution in [0.5, 0.6) is 0 Å². The average Bonchev–Trinajstić information content (AvgIpc) is 2.28. The van der Waals surface area contributed by atoms with Crippen LogP contribution in [0.15, 0.2) is 12.1 Å². The second-order valence-corrected chi connectivity index (χ2v) is 7.72. The van der Waals surface area contributed by atoms with Crippen molar-refractivity contribution < 1.29 is 22.7 Å². The molecule has 0 saturated heterocycles. The molecule has 4 N–H and O–H groups in total. The molecule has 0 unspecified atom stereocenters. The Balaban J connectivity index is 3.12. The molecule has 0 heterocycles. The summed E-state index contributed by atoms with van der Waals surface area (Å²) in [6, 6.07) is 2.24. The van der Waals surface area contributed by atoms with Gasteiger partial charge in [0, 0.05) is 12.8 Å². The van der Waals surface area contributed by atoms with Crippen LogP contribution in [0.3, 0.4) is 0 Å². The lowest BCUT2D eigenvalue weighted by molar-refractivity contribution is 0.0698. The maximum Gasteiger partial charge on any atom is 0.340 e. The maximum absolute atomic E-state index is 13.3. The molecule has 0 bridgehead atoms. The summed E-state index contributed by atoms with van der Waals surface area (Å²) < 4.78 is 35.3. The Hall–Kier alpha value is -1.83. The Morgan fingerprint density at radius 1 is 1.45 bits per heavy atom. The number of hydrogen-bond donors (Lipinski definition) is 3. The zero-order chi connectivity index (χ0) is 15.7. The third kappa shape index (κ3) is 3.19. The fraction of sp³-hybridized carbons (Fsp3) is 0.417. The maximum atomic E-state index is 13.3. The van der Waals surface area contributed by atoms with Crippen molar-refractivity contribution in [1.82, 2.24) is 0 Å². The van der Waals surface area contributed by atoms with Gasteiger partial charge in [-0.15, -0.1) is 0 Å². The van der Waals surface area contributed by atoms with Gasteiger partial charge in [0.1, 0.15) is 11.4 Å². The van der Waals surface area contributed by atoms with Crippen molar-refractivity contribution in [3.63, 3.8) is 0 Å². The fourth-order valence-electron chi connectivity index (χ4n) is 1.41. The predicted molar refractivity (Wildman–Crippen MR) is 75.2 cm³/mol. The van der Waals surface area contributed by atoms with Crippen LogP contribution in [0.4, 0.5) is 15.8 Å². The summed E-state index contributed by atoms with van der Waals surface area (Å²) in [5.41, 5.74) is 4.58. The summed E-state index contributed by atoms with van der Waals surface area (Å²) in [6.45, 7) is 2.97. The van der Waals surface area contributed by atoms with E-state index in [1.807, 2.05) is 0 Å². The third-order valence-corrected chi connectivity index (χ3v) is 5.27. The molecular formula is C12H17FN2O4S. The summed E-state index contributed by atoms with van der Waals surface area (Å²) in [7, 11) is -3.34. The lowest BCUT2D eigenvalue weighted by Crippen LogP contribution is -2.38. The van der Waals surface area contributed by atoms with Gasteiger partial charge in [-0.05, 0) is 26.0 Å². The summed E-state index contributed by atoms with van der Waals surface area (Å²) in [6.07, 6.45) is 1.09. The fourth-order valence-corrected chi connectivity index (χ4v) is 1.75. The van der Waals surface area contributed by atoms with E-state index in [0.717, 1.165) is 12.3 Å². The molecule has 0 radical (unpaired) electrons. The molecule has 0 atom stereocenters. The number of carboxylic acids is 1. The second-order valence-electron chi connectivity index (χ2n) is 5.07. The largest absolute Gasteiger partial charge is 0.478 e. The third-order valence-electron chi connectivity index (χ3n) is 3.11. The molecule has 0 aliphatic rings. The van der Waals surface area contributed by atoms with Gasteiger partial charge >= 0.3 is 5.97 Å². The summed E-state index contributed by atoms with van der Waals surface area (Å²) in [4.78, 5) is 11.1. The SMILES string of the molecule is CC(C)(CNc1ccc(F)c(N)c1C(=O)O)S(C)(=O)=O. The molecule has 0 spiro atoms. The topological polar surface area (TPSA) is 109 Å². The van der Waals surface area contributed by atoms with E-state index in [0.29, 0.717) is 0 Å². The van der Waals surface area contributed by atoms with E-state index >= 15 is 0 Å². The number of nitrogens with one attached hydrogen (secondary N) is 1. The van der Waals surface area contributed by atoms with Gasteiger partial charge in [0.05, 0.1) is 16.1 Å². The number of benzene rings is 1. The lowest BCUT2D eigenvalue weighted by Gasteiger charge is -2.24. The first-order chi connectivity index (χ1) is 8.97. The standard InChI is InChI=1S/C12H17FN2O4S/c1-12(2,20(3,18)19)6-15-8-5-4-7(13)10(14)9(8)11(16)17/h4-5,15H,6,14H2,1-3H3,(H,16,17). The summed E-state index contributed by atoms with van der Waals surface area (Å²) >= 11 is 0. The van der Waals surface area contributed by atoms with Crippen LogP contribution >= 0.6 is 0 Å². The first kappa shape index (κ1) is 16.2. The van der Waals surface area contributed by atoms with Crippen LogP contribution in [0.1, 0.15) is 24.2 Å². The minimum atomic E-state index is -3.34. The smallest absolute Gasteiger partial charge is 0.340 e. The zero-order valence-corrected chi connectivity index (χ0v) is 12.2. The molecule has 0 saturated carbocycles. The molecule has 1 aromatic rings. The number of carboxylic acid groups (broad SMARTS) is 1. The van der Waals surface area contributed by atoms with Crippen molar-refractivity contribution in [3.05, 3.63) is 23.5 Å². The number of nitrogen functional groups attached to an aromatic ring is 1. The van der Waals surface area contributed by atoms with Crippen molar-refractivity contribution in [1.29, 1.82) is 0 Å². The normalized spacial score (nSPS) is 12.2. The second kappa shape index (κ2) is 5.28. The highest BCUT2D eigenvalue weighted by Crippen LogP contribution is 2.26. The number of halogens is 1. The number of sulfone groups is 1. The molecule has 20 heavy (non-hydrogen) atoms. The Morgan fingerprint density at radius 3 is 2.45 bits per heavy atom. The monoisotopic (exact) mass is 304 g/mol. The molecule has 0 aliphatic heterocycles. The van der Waals surface area contributed by atoms with Crippen molar-refractivity contribution in [2.45, 2.75) is 18.6 Å². The Kier molecular flexibility index (Phi) is 4.28. The molecule has 0 aromatic heterocycles. The summed E-state index contributed by atoms with van der Waals surface area (Å²) in [5, 5.41) is 11.8. The van der Waals surface area contributed by atoms with Crippen LogP contribution < -0.4 is 11.1 Å². The Labute approximate surface area is 116 Å². The first-order valence-corrected chi connectivity index (χ1v) is 7.61. The van der Waals surface area contributed by atoms with E-state index in [1.165, 1.54) is 19.9 Å². The van der Waals surface area contributed by atoms with Crippen LogP contribution in [0.25, 0.3) is 0 Å². The predicted octanol–water partition coefficient (Wildman–Crippen LogP) is 1.34. The number of anilines is 2. The minimum Gasteiger partial charge on any atom is -0.478 e. The van der Waals surface area contributed by atoms with Gasteiger partial charge in [0.15, 0.2) is 9.84 Å². The van der Waals surface area contributed by atoms with E-state index in [1.54, 1.807) is 0 Å². The molecule has 112 valence electrons. The molecule has 0 aliphatic carbocycles. The van der Waals surface area contributed by atoms with Crippen LogP contribution in [-0.2, 0) is 9.84 Å². The lowest BCUT2D eigenvalue weighted by atomic mass is 10.1. The van der Waals surface area contributed by atoms with Crippen molar-refractivity contribution in [3.8, 4) is 0 Å². The van der Waals surface area contributed by atoms with Gasteiger partial charge in [-0.25, -0.2) is 17.6 Å². The van der Waals surface area contributed by atoms with Crippen molar-refractivity contribution in [2.75, 3.05) is 23.9 Å². The van der Waals surface area contributed by atoms with Gasteiger partial charge in [-0.3, -0.25) is 0 Å². The van der Waals surface area contributed by atoms with Crippen LogP contribution in [-0.4, -0.2) is 37.0 Å². The molecule has 8 heteroatoms. The van der Waals surface area contributed by atoms with Gasteiger partial charge in [-0.1, -0.05) is 0 Å². The van der Waals surface area contributed by atoms with E-state index in [2.05, 4.69) is 5.32 Å². The molecular weight excluding hydrogens is 287 g/mol. The summed E-state index contributed by atoms with van der Waals surface area (Å²) in [5.74, 6) is -2.23. The highest BCUT2D eigenvalue weighted by molar-refractivity contribution is 7.92. The number of aromatic carboxylic acids is 1. The quantitative estimate of drug-likeness (QED) is 0.708. The number of rotatable bonds is 5. The van der Waals surface area contributed by atoms with Gasteiger partial charge in [0.25, 0.3) is 0 Å². The van der Waals surface area contributed by atoms with Crippen molar-refractivity contribution in [2.24, 2.45) is 0 Å². The number of hydrogen-bond acceptors (Lipinski definition) is 5. The van der Waals surface area contributed by atoms with Crippen LogP contribution in [0.2, 0.25) is 0 Å². The number of nitrogens with two attached hydrogens (primary N) is 1. The zero-order valence-electron chi connectivity index (χ0n) is 11.4. The van der Waals surface area contributed by atoms with E-state index in [9.17, 15) is 17.6 Å². The highest BCUT2D eigenvalue weighted by atomic mass is 32.2. The molecule has 0 amide bonds. The minimum absolute atomic E-state index is 0.0306. The average molecular weight is 304 g/mol. The van der Waals surface area contributed by atoms with Gasteiger partial charge in [-0.2, -0.15) is 0 Å². The van der Waals surface area contributed by atoms with E-state index in [4.69, 9.17) is 10.8 Å². The molecule has 1 rings (SSSR count). The number of carbonyl (C=O) groups is 1. The molecule has 6 nitrogen and oxygen atoms in total. The van der Waals surface area contributed by atoms with Gasteiger partial charge < -0.3 is 16.2 Å². The van der Waals surface area contributed by atoms with Crippen LogP contribution in [0, 0.1) is 5.82 Å². The molecule has 1 aromatic carbocycles. The molecule has 0 fully saturated rings. The van der Waals surface area contributed by atoms with E-state index < -0.39 is 37.6 Å². The Morgan fingerprint density at radius 2 is 2.00 bits per heavy atom. The first-order valence-electron chi connectivity index (χ1n) is 5.72. The van der Waals surface area contributed by atoms with E-state index in [-0.39, 0.29) is 12.2 Å². The highest BCUT2D eigenvalue weighted by Gasteiger charge is 2.30. The van der Waals surface area contributed by atoms with Crippen molar-refractivity contribution >= 4 is 27.2 Å².